The van der Waals surface area contributed by atoms with Gasteiger partial charge in [0.25, 0.3) is 0 Å². The van der Waals surface area contributed by atoms with Crippen LogP contribution in [0.2, 0.25) is 0 Å². The summed E-state index contributed by atoms with van der Waals surface area (Å²) in [7, 11) is 1.71. The summed E-state index contributed by atoms with van der Waals surface area (Å²) in [6.45, 7) is 5.18. The number of aryl methyl sites for hydroxylation is 1. The zero-order chi connectivity index (χ0) is 14.9. The van der Waals surface area contributed by atoms with Crippen LogP contribution in [0, 0.1) is 6.92 Å². The summed E-state index contributed by atoms with van der Waals surface area (Å²) in [5.74, 6) is 0.915. The summed E-state index contributed by atoms with van der Waals surface area (Å²) in [5.41, 5.74) is 4.24. The van der Waals surface area contributed by atoms with Crippen LogP contribution >= 0.6 is 11.3 Å². The second-order valence-electron chi connectivity index (χ2n) is 4.77. The summed E-state index contributed by atoms with van der Waals surface area (Å²) in [6.07, 6.45) is 0.914. The number of nitrogens with one attached hydrogen (secondary N) is 1. The average molecular weight is 306 g/mol. The molecule has 0 spiro atoms. The van der Waals surface area contributed by atoms with Crippen molar-refractivity contribution in [2.45, 2.75) is 19.9 Å². The van der Waals surface area contributed by atoms with E-state index >= 15 is 0 Å². The van der Waals surface area contributed by atoms with Gasteiger partial charge in [-0.1, -0.05) is 12.1 Å². The third-order valence-corrected chi connectivity index (χ3v) is 4.17. The predicted octanol–water partition coefficient (Wildman–Crippen LogP) is 2.81. The molecule has 1 aromatic carbocycles. The Labute approximate surface area is 130 Å². The molecule has 1 N–H and O–H groups in total. The molecule has 0 aliphatic rings. The molecule has 2 rings (SSSR count). The molecule has 114 valence electrons. The number of ether oxygens (including phenoxy) is 2. The standard InChI is InChI=1S/C16H22N2O2S/c1-13-16(21-12-18-13)7-9-20-15-5-3-14(4-6-15)11-17-8-10-19-2/h3-6,12,17H,7-11H2,1-2H3. The van der Waals surface area contributed by atoms with Gasteiger partial charge in [0.1, 0.15) is 5.75 Å². The van der Waals surface area contributed by atoms with Gasteiger partial charge in [0, 0.05) is 31.5 Å². The van der Waals surface area contributed by atoms with Crippen LogP contribution in [0.3, 0.4) is 0 Å². The fourth-order valence-corrected chi connectivity index (χ4v) is 2.70. The molecule has 0 saturated carbocycles. The summed E-state index contributed by atoms with van der Waals surface area (Å²) >= 11 is 1.69. The Morgan fingerprint density at radius 2 is 2.00 bits per heavy atom. The minimum absolute atomic E-state index is 0.689. The Morgan fingerprint density at radius 1 is 1.19 bits per heavy atom. The van der Waals surface area contributed by atoms with Gasteiger partial charge < -0.3 is 14.8 Å². The van der Waals surface area contributed by atoms with Crippen LogP contribution < -0.4 is 10.1 Å². The number of hydrogen-bond donors (Lipinski definition) is 1. The smallest absolute Gasteiger partial charge is 0.119 e. The number of aromatic nitrogens is 1. The number of thiazole rings is 1. The van der Waals surface area contributed by atoms with Crippen LogP contribution in [0.5, 0.6) is 5.75 Å². The van der Waals surface area contributed by atoms with E-state index in [1.165, 1.54) is 10.4 Å². The van der Waals surface area contributed by atoms with E-state index in [-0.39, 0.29) is 0 Å². The lowest BCUT2D eigenvalue weighted by Gasteiger charge is -2.08. The van der Waals surface area contributed by atoms with Crippen molar-refractivity contribution in [1.29, 1.82) is 0 Å². The van der Waals surface area contributed by atoms with Crippen molar-refractivity contribution in [2.24, 2.45) is 0 Å². The van der Waals surface area contributed by atoms with Crippen molar-refractivity contribution in [3.05, 3.63) is 45.9 Å². The first-order valence-electron chi connectivity index (χ1n) is 7.10. The van der Waals surface area contributed by atoms with E-state index in [1.807, 2.05) is 24.6 Å². The second-order valence-corrected chi connectivity index (χ2v) is 5.71. The Balaban J connectivity index is 1.71. The first-order valence-corrected chi connectivity index (χ1v) is 7.98. The molecule has 1 aromatic heterocycles. The molecule has 0 amide bonds. The number of methoxy groups -OCH3 is 1. The van der Waals surface area contributed by atoms with E-state index < -0.39 is 0 Å². The molecule has 0 aliphatic heterocycles. The molecule has 4 nitrogen and oxygen atoms in total. The van der Waals surface area contributed by atoms with Crippen LogP contribution in [0.25, 0.3) is 0 Å². The van der Waals surface area contributed by atoms with Crippen LogP contribution in [0.4, 0.5) is 0 Å². The van der Waals surface area contributed by atoms with E-state index in [4.69, 9.17) is 9.47 Å². The topological polar surface area (TPSA) is 43.4 Å². The number of rotatable bonds is 9. The second kappa shape index (κ2) is 8.77. The first kappa shape index (κ1) is 15.9. The molecule has 5 heteroatoms. The molecule has 0 radical (unpaired) electrons. The van der Waals surface area contributed by atoms with E-state index in [0.29, 0.717) is 6.61 Å². The van der Waals surface area contributed by atoms with Crippen LogP contribution in [0.1, 0.15) is 16.1 Å². The fourth-order valence-electron chi connectivity index (χ4n) is 1.94. The Hall–Kier alpha value is -1.43. The van der Waals surface area contributed by atoms with E-state index in [0.717, 1.165) is 37.6 Å². The van der Waals surface area contributed by atoms with Gasteiger partial charge in [-0.15, -0.1) is 11.3 Å². The molecular weight excluding hydrogens is 284 g/mol. The molecule has 1 heterocycles. The van der Waals surface area contributed by atoms with E-state index in [9.17, 15) is 0 Å². The predicted molar refractivity (Wildman–Crippen MR) is 86.1 cm³/mol. The van der Waals surface area contributed by atoms with Gasteiger partial charge in [0.2, 0.25) is 0 Å². The average Bonchev–Trinajstić information content (AvgIpc) is 2.91. The van der Waals surface area contributed by atoms with Crippen molar-refractivity contribution >= 4 is 11.3 Å². The quantitative estimate of drug-likeness (QED) is 0.724. The van der Waals surface area contributed by atoms with Gasteiger partial charge in [-0.3, -0.25) is 0 Å². The van der Waals surface area contributed by atoms with Gasteiger partial charge in [-0.05, 0) is 24.6 Å². The highest BCUT2D eigenvalue weighted by Gasteiger charge is 2.02. The van der Waals surface area contributed by atoms with E-state index in [1.54, 1.807) is 18.4 Å². The largest absolute Gasteiger partial charge is 0.493 e. The van der Waals surface area contributed by atoms with Gasteiger partial charge in [-0.25, -0.2) is 4.98 Å². The lowest BCUT2D eigenvalue weighted by Crippen LogP contribution is -2.18. The molecule has 0 bridgehead atoms. The summed E-state index contributed by atoms with van der Waals surface area (Å²) < 4.78 is 10.8. The SMILES string of the molecule is COCCNCc1ccc(OCCc2scnc2C)cc1. The normalized spacial score (nSPS) is 10.8. The molecular formula is C16H22N2O2S. The minimum Gasteiger partial charge on any atom is -0.493 e. The van der Waals surface area contributed by atoms with Crippen molar-refractivity contribution in [2.75, 3.05) is 26.9 Å². The van der Waals surface area contributed by atoms with Gasteiger partial charge in [-0.2, -0.15) is 0 Å². The van der Waals surface area contributed by atoms with Crippen LogP contribution in [0.15, 0.2) is 29.8 Å². The highest BCUT2D eigenvalue weighted by molar-refractivity contribution is 7.09. The van der Waals surface area contributed by atoms with Gasteiger partial charge in [0.15, 0.2) is 0 Å². The number of nitrogens with zero attached hydrogens (tertiary/aromatic N) is 1. The minimum atomic E-state index is 0.689. The highest BCUT2D eigenvalue weighted by atomic mass is 32.1. The molecule has 0 aliphatic carbocycles. The third-order valence-electron chi connectivity index (χ3n) is 3.18. The monoisotopic (exact) mass is 306 g/mol. The van der Waals surface area contributed by atoms with Crippen LogP contribution in [-0.4, -0.2) is 31.9 Å². The number of benzene rings is 1. The third kappa shape index (κ3) is 5.46. The molecule has 21 heavy (non-hydrogen) atoms. The maximum Gasteiger partial charge on any atom is 0.119 e. The van der Waals surface area contributed by atoms with Gasteiger partial charge >= 0.3 is 0 Å². The van der Waals surface area contributed by atoms with Crippen molar-refractivity contribution < 1.29 is 9.47 Å². The lowest BCUT2D eigenvalue weighted by atomic mass is 10.2. The van der Waals surface area contributed by atoms with Gasteiger partial charge in [0.05, 0.1) is 24.4 Å². The number of hydrogen-bond acceptors (Lipinski definition) is 5. The Bertz CT molecular complexity index is 525. The van der Waals surface area contributed by atoms with Crippen molar-refractivity contribution in [1.82, 2.24) is 10.3 Å². The lowest BCUT2D eigenvalue weighted by molar-refractivity contribution is 0.199. The maximum absolute atomic E-state index is 5.77. The molecule has 0 atom stereocenters. The molecule has 2 aromatic rings. The summed E-state index contributed by atoms with van der Waals surface area (Å²) in [6, 6.07) is 8.22. The maximum atomic E-state index is 5.77. The zero-order valence-corrected chi connectivity index (χ0v) is 13.4. The Morgan fingerprint density at radius 3 is 2.67 bits per heavy atom. The molecule has 0 fully saturated rings. The highest BCUT2D eigenvalue weighted by Crippen LogP contribution is 2.15. The summed E-state index contributed by atoms with van der Waals surface area (Å²) in [4.78, 5) is 5.54. The first-order chi connectivity index (χ1) is 10.3. The van der Waals surface area contributed by atoms with Crippen LogP contribution in [-0.2, 0) is 17.7 Å². The summed E-state index contributed by atoms with van der Waals surface area (Å²) in [5, 5.41) is 3.32. The van der Waals surface area contributed by atoms with Crippen molar-refractivity contribution in [3.8, 4) is 5.75 Å². The molecule has 0 unspecified atom stereocenters. The molecule has 0 saturated heterocycles. The van der Waals surface area contributed by atoms with Crippen molar-refractivity contribution in [3.63, 3.8) is 0 Å². The Kier molecular flexibility index (Phi) is 6.66. The van der Waals surface area contributed by atoms with E-state index in [2.05, 4.69) is 22.4 Å². The zero-order valence-electron chi connectivity index (χ0n) is 12.6. The fraction of sp³-hybridized carbons (Fsp3) is 0.438.